The molecule has 0 saturated carbocycles. The average molecular weight is 391 g/mol. The number of halogens is 1. The number of hydrogen-bond donors (Lipinski definition) is 1. The van der Waals surface area contributed by atoms with Crippen molar-refractivity contribution in [2.45, 2.75) is 0 Å². The van der Waals surface area contributed by atoms with Gasteiger partial charge in [-0.2, -0.15) is 0 Å². The Morgan fingerprint density at radius 1 is 1.05 bits per heavy atom. The molecule has 6 nitrogen and oxygen atoms in total. The van der Waals surface area contributed by atoms with Crippen molar-refractivity contribution in [3.8, 4) is 5.69 Å². The highest BCUT2D eigenvalue weighted by Crippen LogP contribution is 2.13. The van der Waals surface area contributed by atoms with Crippen molar-refractivity contribution < 1.29 is 4.79 Å². The molecule has 0 unspecified atom stereocenters. The van der Waals surface area contributed by atoms with Crippen LogP contribution in [0.2, 0.25) is 0 Å². The Morgan fingerprint density at radius 2 is 1.76 bits per heavy atom. The molecule has 0 bridgehead atoms. The van der Waals surface area contributed by atoms with Crippen molar-refractivity contribution in [1.29, 1.82) is 0 Å². The summed E-state index contributed by atoms with van der Waals surface area (Å²) in [5.74, 6) is -0.153. The minimum absolute atomic E-state index is 0.153. The molecule has 0 atom stereocenters. The fourth-order valence-corrected chi connectivity index (χ4v) is 2.14. The highest BCUT2D eigenvalue weighted by molar-refractivity contribution is 14.1. The Labute approximate surface area is 134 Å². The molecule has 3 rings (SSSR count). The molecule has 0 aliphatic rings. The lowest BCUT2D eigenvalue weighted by molar-refractivity contribution is 0.102. The third kappa shape index (κ3) is 3.24. The molecule has 0 aliphatic carbocycles. The molecular formula is C14H10IN5O. The second kappa shape index (κ2) is 6.00. The maximum atomic E-state index is 12.1. The summed E-state index contributed by atoms with van der Waals surface area (Å²) in [7, 11) is 0. The van der Waals surface area contributed by atoms with E-state index in [1.54, 1.807) is 24.3 Å². The number of nitrogens with one attached hydrogen (secondary N) is 1. The van der Waals surface area contributed by atoms with E-state index in [2.05, 4.69) is 43.4 Å². The lowest BCUT2D eigenvalue weighted by Gasteiger charge is -2.06. The summed E-state index contributed by atoms with van der Waals surface area (Å²) in [5, 5.41) is 13.8. The zero-order valence-corrected chi connectivity index (χ0v) is 12.9. The number of carbonyl (C=O) groups is 1. The van der Waals surface area contributed by atoms with Gasteiger partial charge in [0.25, 0.3) is 5.91 Å². The van der Waals surface area contributed by atoms with E-state index in [0.29, 0.717) is 5.56 Å². The van der Waals surface area contributed by atoms with Gasteiger partial charge in [-0.15, -0.1) is 5.10 Å². The van der Waals surface area contributed by atoms with Crippen LogP contribution in [0, 0.1) is 3.57 Å². The number of benzene rings is 2. The molecule has 1 aromatic heterocycles. The fourth-order valence-electron chi connectivity index (χ4n) is 1.78. The SMILES string of the molecule is O=C(Nc1ccc(I)cc1)c1ccc(-n2cnnn2)cc1. The number of rotatable bonds is 3. The Balaban J connectivity index is 1.74. The van der Waals surface area contributed by atoms with Crippen molar-refractivity contribution in [2.24, 2.45) is 0 Å². The van der Waals surface area contributed by atoms with Crippen LogP contribution in [-0.4, -0.2) is 26.1 Å². The molecule has 21 heavy (non-hydrogen) atoms. The van der Waals surface area contributed by atoms with Crippen molar-refractivity contribution in [1.82, 2.24) is 20.2 Å². The number of tetrazole rings is 1. The first kappa shape index (κ1) is 13.7. The van der Waals surface area contributed by atoms with Crippen molar-refractivity contribution in [2.75, 3.05) is 5.32 Å². The molecule has 0 aliphatic heterocycles. The smallest absolute Gasteiger partial charge is 0.255 e. The summed E-state index contributed by atoms with van der Waals surface area (Å²) in [6.07, 6.45) is 1.50. The Morgan fingerprint density at radius 3 is 2.38 bits per heavy atom. The normalized spacial score (nSPS) is 10.3. The number of amides is 1. The van der Waals surface area contributed by atoms with E-state index >= 15 is 0 Å². The van der Waals surface area contributed by atoms with Crippen LogP contribution in [0.4, 0.5) is 5.69 Å². The van der Waals surface area contributed by atoms with Gasteiger partial charge in [-0.05, 0) is 81.5 Å². The highest BCUT2D eigenvalue weighted by atomic mass is 127. The first-order valence-electron chi connectivity index (χ1n) is 6.13. The van der Waals surface area contributed by atoms with Gasteiger partial charge in [0.15, 0.2) is 0 Å². The zero-order valence-electron chi connectivity index (χ0n) is 10.8. The molecule has 0 radical (unpaired) electrons. The van der Waals surface area contributed by atoms with E-state index in [1.807, 2.05) is 24.3 Å². The molecule has 0 spiro atoms. The van der Waals surface area contributed by atoms with Gasteiger partial charge in [-0.25, -0.2) is 4.68 Å². The lowest BCUT2D eigenvalue weighted by atomic mass is 10.2. The second-order valence-electron chi connectivity index (χ2n) is 4.26. The molecule has 0 saturated heterocycles. The van der Waals surface area contributed by atoms with E-state index in [-0.39, 0.29) is 5.91 Å². The summed E-state index contributed by atoms with van der Waals surface area (Å²) in [4.78, 5) is 12.1. The number of nitrogens with zero attached hydrogens (tertiary/aromatic N) is 4. The van der Waals surface area contributed by atoms with Crippen LogP contribution in [0.5, 0.6) is 0 Å². The fraction of sp³-hybridized carbons (Fsp3) is 0. The van der Waals surface area contributed by atoms with Crippen molar-refractivity contribution in [3.63, 3.8) is 0 Å². The minimum Gasteiger partial charge on any atom is -0.322 e. The van der Waals surface area contributed by atoms with Crippen molar-refractivity contribution >= 4 is 34.2 Å². The maximum absolute atomic E-state index is 12.1. The van der Waals surface area contributed by atoms with Gasteiger partial charge in [-0.1, -0.05) is 0 Å². The first-order valence-corrected chi connectivity index (χ1v) is 7.20. The average Bonchev–Trinajstić information content (AvgIpc) is 3.04. The van der Waals surface area contributed by atoms with Gasteiger partial charge >= 0.3 is 0 Å². The second-order valence-corrected chi connectivity index (χ2v) is 5.51. The number of aromatic nitrogens is 4. The largest absolute Gasteiger partial charge is 0.322 e. The van der Waals surface area contributed by atoms with E-state index in [9.17, 15) is 4.79 Å². The third-order valence-electron chi connectivity index (χ3n) is 2.85. The van der Waals surface area contributed by atoms with E-state index in [1.165, 1.54) is 11.0 Å². The van der Waals surface area contributed by atoms with Gasteiger partial charge in [0.2, 0.25) is 0 Å². The minimum atomic E-state index is -0.153. The zero-order chi connectivity index (χ0) is 14.7. The monoisotopic (exact) mass is 391 g/mol. The van der Waals surface area contributed by atoms with Gasteiger partial charge in [0.05, 0.1) is 5.69 Å². The Kier molecular flexibility index (Phi) is 3.91. The first-order chi connectivity index (χ1) is 10.2. The Hall–Kier alpha value is -2.29. The molecule has 1 N–H and O–H groups in total. The molecular weight excluding hydrogens is 381 g/mol. The third-order valence-corrected chi connectivity index (χ3v) is 3.56. The van der Waals surface area contributed by atoms with Gasteiger partial charge < -0.3 is 5.32 Å². The molecule has 2 aromatic carbocycles. The molecule has 3 aromatic rings. The highest BCUT2D eigenvalue weighted by Gasteiger charge is 2.06. The predicted octanol–water partition coefficient (Wildman–Crippen LogP) is 2.52. The van der Waals surface area contributed by atoms with Crippen LogP contribution in [-0.2, 0) is 0 Å². The number of carbonyl (C=O) groups excluding carboxylic acids is 1. The van der Waals surface area contributed by atoms with Crippen LogP contribution >= 0.6 is 22.6 Å². The lowest BCUT2D eigenvalue weighted by Crippen LogP contribution is -2.11. The van der Waals surface area contributed by atoms with Gasteiger partial charge in [0, 0.05) is 14.8 Å². The predicted molar refractivity (Wildman–Crippen MR) is 86.3 cm³/mol. The topological polar surface area (TPSA) is 72.7 Å². The Bertz CT molecular complexity index is 738. The maximum Gasteiger partial charge on any atom is 0.255 e. The summed E-state index contributed by atoms with van der Waals surface area (Å²) in [6, 6.07) is 14.7. The number of hydrogen-bond acceptors (Lipinski definition) is 4. The van der Waals surface area contributed by atoms with Crippen LogP contribution < -0.4 is 5.32 Å². The van der Waals surface area contributed by atoms with Gasteiger partial charge in [0.1, 0.15) is 6.33 Å². The van der Waals surface area contributed by atoms with Gasteiger partial charge in [-0.3, -0.25) is 4.79 Å². The quantitative estimate of drug-likeness (QED) is 0.697. The van der Waals surface area contributed by atoms with E-state index < -0.39 is 0 Å². The molecule has 0 fully saturated rings. The van der Waals surface area contributed by atoms with E-state index in [4.69, 9.17) is 0 Å². The standard InChI is InChI=1S/C14H10IN5O/c15-11-3-5-12(6-4-11)17-14(21)10-1-7-13(8-2-10)20-9-16-18-19-20/h1-9H,(H,17,21). The summed E-state index contributed by atoms with van der Waals surface area (Å²) in [6.45, 7) is 0. The molecule has 104 valence electrons. The summed E-state index contributed by atoms with van der Waals surface area (Å²) in [5.41, 5.74) is 2.14. The van der Waals surface area contributed by atoms with Crippen LogP contribution in [0.1, 0.15) is 10.4 Å². The van der Waals surface area contributed by atoms with Crippen molar-refractivity contribution in [3.05, 3.63) is 64.0 Å². The van der Waals surface area contributed by atoms with Crippen LogP contribution in [0.25, 0.3) is 5.69 Å². The van der Waals surface area contributed by atoms with Crippen LogP contribution in [0.15, 0.2) is 54.9 Å². The molecule has 1 amide bonds. The van der Waals surface area contributed by atoms with E-state index in [0.717, 1.165) is 14.9 Å². The number of anilines is 1. The molecule has 1 heterocycles. The molecule has 7 heteroatoms. The summed E-state index contributed by atoms with van der Waals surface area (Å²) >= 11 is 2.22. The summed E-state index contributed by atoms with van der Waals surface area (Å²) < 4.78 is 2.65. The van der Waals surface area contributed by atoms with Crippen LogP contribution in [0.3, 0.4) is 0 Å².